The van der Waals surface area contributed by atoms with Crippen LogP contribution in [0.2, 0.25) is 10.0 Å². The molecule has 39 heavy (non-hydrogen) atoms. The molecule has 0 aliphatic carbocycles. The molecule has 2 aromatic heterocycles. The summed E-state index contributed by atoms with van der Waals surface area (Å²) >= 11 is 18.0. The summed E-state index contributed by atoms with van der Waals surface area (Å²) in [4.78, 5) is 9.86. The Morgan fingerprint density at radius 3 is 2.49 bits per heavy atom. The molecule has 1 aliphatic rings. The molecule has 0 bridgehead atoms. The maximum Gasteiger partial charge on any atom is 0.172 e. The average molecular weight is 639 g/mol. The summed E-state index contributed by atoms with van der Waals surface area (Å²) in [5.74, 6) is 0.920. The number of hydrogen-bond acceptors (Lipinski definition) is 5. The van der Waals surface area contributed by atoms with E-state index in [1.807, 2.05) is 47.0 Å². The van der Waals surface area contributed by atoms with Crippen LogP contribution in [0.3, 0.4) is 0 Å². The maximum atomic E-state index is 6.51. The molecule has 0 amide bonds. The molecule has 1 saturated heterocycles. The molecule has 0 radical (unpaired) electrons. The second kappa shape index (κ2) is 11.9. The number of rotatable bonds is 7. The molecule has 6 rings (SSSR count). The first kappa shape index (κ1) is 26.7. The number of nitrogens with one attached hydrogen (secondary N) is 1. The number of likely N-dealkylation sites (tertiary alicyclic amines) is 1. The van der Waals surface area contributed by atoms with Crippen molar-refractivity contribution in [3.63, 3.8) is 0 Å². The average Bonchev–Trinajstić information content (AvgIpc) is 3.33. The Hall–Kier alpha value is -2.55. The lowest BCUT2D eigenvalue weighted by molar-refractivity contribution is 0.210. The molecular weight excluding hydrogens is 613 g/mol. The Morgan fingerprint density at radius 2 is 1.69 bits per heavy atom. The SMILES string of the molecule is Clc1ccc(Sc2ccccc2CN2CCC(Nc3cc(-c4ccccc4Cl)nc4c(Br)cnn34)CC2)cc1. The highest BCUT2D eigenvalue weighted by molar-refractivity contribution is 9.10. The van der Waals surface area contributed by atoms with E-state index in [4.69, 9.17) is 28.2 Å². The lowest BCUT2D eigenvalue weighted by Gasteiger charge is -2.33. The van der Waals surface area contributed by atoms with Crippen LogP contribution in [0.5, 0.6) is 0 Å². The van der Waals surface area contributed by atoms with Crippen molar-refractivity contribution < 1.29 is 0 Å². The van der Waals surface area contributed by atoms with Gasteiger partial charge in [0.25, 0.3) is 0 Å². The molecule has 0 atom stereocenters. The van der Waals surface area contributed by atoms with Gasteiger partial charge < -0.3 is 5.32 Å². The molecule has 9 heteroatoms. The highest BCUT2D eigenvalue weighted by Crippen LogP contribution is 2.33. The third-order valence-corrected chi connectivity index (χ3v) is 9.19. The van der Waals surface area contributed by atoms with Crippen molar-refractivity contribution in [1.82, 2.24) is 19.5 Å². The summed E-state index contributed by atoms with van der Waals surface area (Å²) < 4.78 is 2.71. The van der Waals surface area contributed by atoms with Crippen molar-refractivity contribution in [2.24, 2.45) is 0 Å². The van der Waals surface area contributed by atoms with Crippen LogP contribution in [0.1, 0.15) is 18.4 Å². The van der Waals surface area contributed by atoms with Gasteiger partial charge in [0.1, 0.15) is 5.82 Å². The molecular formula is C30H26BrCl2N5S. The van der Waals surface area contributed by atoms with Gasteiger partial charge >= 0.3 is 0 Å². The smallest absolute Gasteiger partial charge is 0.172 e. The third kappa shape index (κ3) is 6.13. The number of aromatic nitrogens is 3. The molecule has 0 unspecified atom stereocenters. The summed E-state index contributed by atoms with van der Waals surface area (Å²) in [7, 11) is 0. The number of piperidine rings is 1. The predicted molar refractivity (Wildman–Crippen MR) is 165 cm³/mol. The molecule has 0 saturated carbocycles. The highest BCUT2D eigenvalue weighted by Gasteiger charge is 2.22. The Labute approximate surface area is 250 Å². The minimum atomic E-state index is 0.340. The van der Waals surface area contributed by atoms with Crippen LogP contribution in [0.25, 0.3) is 16.9 Å². The number of anilines is 1. The quantitative estimate of drug-likeness (QED) is 0.193. The van der Waals surface area contributed by atoms with Crippen molar-refractivity contribution in [3.05, 3.63) is 105 Å². The molecule has 1 N–H and O–H groups in total. The second-order valence-electron chi connectivity index (χ2n) is 9.59. The molecule has 3 heterocycles. The zero-order chi connectivity index (χ0) is 26.8. The van der Waals surface area contributed by atoms with Crippen LogP contribution in [-0.2, 0) is 6.54 Å². The third-order valence-electron chi connectivity index (χ3n) is 6.93. The molecule has 1 aliphatic heterocycles. The van der Waals surface area contributed by atoms with E-state index in [1.165, 1.54) is 15.4 Å². The van der Waals surface area contributed by atoms with Gasteiger partial charge in [-0.1, -0.05) is 71.4 Å². The molecule has 5 aromatic rings. The summed E-state index contributed by atoms with van der Waals surface area (Å²) in [6.07, 6.45) is 3.87. The standard InChI is InChI=1S/C30H26BrCl2N5S/c31-25-18-34-38-29(17-27(36-30(25)38)24-6-2-3-7-26(24)33)35-22-13-15-37(16-14-22)19-20-5-1-4-8-28(20)39-23-11-9-21(32)10-12-23/h1-12,17-18,22,35H,13-16,19H2. The van der Waals surface area contributed by atoms with E-state index in [-0.39, 0.29) is 0 Å². The predicted octanol–water partition coefficient (Wildman–Crippen LogP) is 8.69. The van der Waals surface area contributed by atoms with E-state index >= 15 is 0 Å². The van der Waals surface area contributed by atoms with Gasteiger partial charge in [-0.25, -0.2) is 4.98 Å². The molecule has 3 aromatic carbocycles. The van der Waals surface area contributed by atoms with Crippen LogP contribution in [0, 0.1) is 0 Å². The minimum Gasteiger partial charge on any atom is -0.367 e. The van der Waals surface area contributed by atoms with E-state index < -0.39 is 0 Å². The van der Waals surface area contributed by atoms with E-state index in [0.717, 1.165) is 64.7 Å². The van der Waals surface area contributed by atoms with Gasteiger partial charge in [-0.2, -0.15) is 9.61 Å². The lowest BCUT2D eigenvalue weighted by atomic mass is 10.0. The van der Waals surface area contributed by atoms with Crippen molar-refractivity contribution in [2.45, 2.75) is 35.2 Å². The number of hydrogen-bond donors (Lipinski definition) is 1. The van der Waals surface area contributed by atoms with E-state index in [1.54, 1.807) is 18.0 Å². The number of halogens is 3. The fourth-order valence-corrected chi connectivity index (χ4v) is 6.54. The van der Waals surface area contributed by atoms with Gasteiger partial charge in [-0.15, -0.1) is 0 Å². The molecule has 5 nitrogen and oxygen atoms in total. The van der Waals surface area contributed by atoms with Crippen LogP contribution in [0.4, 0.5) is 5.82 Å². The highest BCUT2D eigenvalue weighted by atomic mass is 79.9. The van der Waals surface area contributed by atoms with Crippen LogP contribution < -0.4 is 5.32 Å². The number of fused-ring (bicyclic) bond motifs is 1. The summed E-state index contributed by atoms with van der Waals surface area (Å²) in [6.45, 7) is 2.98. The maximum absolute atomic E-state index is 6.51. The first-order valence-corrected chi connectivity index (χ1v) is 15.2. The van der Waals surface area contributed by atoms with Gasteiger partial charge in [0.15, 0.2) is 5.65 Å². The largest absolute Gasteiger partial charge is 0.367 e. The normalized spacial score (nSPS) is 14.6. The minimum absolute atomic E-state index is 0.340. The summed E-state index contributed by atoms with van der Waals surface area (Å²) in [5.41, 5.74) is 3.85. The van der Waals surface area contributed by atoms with Crippen molar-refractivity contribution in [2.75, 3.05) is 18.4 Å². The summed E-state index contributed by atoms with van der Waals surface area (Å²) in [6, 6.07) is 26.9. The first-order chi connectivity index (χ1) is 19.0. The summed E-state index contributed by atoms with van der Waals surface area (Å²) in [5, 5.41) is 9.75. The van der Waals surface area contributed by atoms with Gasteiger partial charge in [-0.3, -0.25) is 4.90 Å². The van der Waals surface area contributed by atoms with Gasteiger partial charge in [0.05, 0.1) is 16.4 Å². The Kier molecular flexibility index (Phi) is 8.14. The molecule has 198 valence electrons. The van der Waals surface area contributed by atoms with Gasteiger partial charge in [0.2, 0.25) is 0 Å². The monoisotopic (exact) mass is 637 g/mol. The molecule has 1 fully saturated rings. The van der Waals surface area contributed by atoms with E-state index in [2.05, 4.69) is 67.6 Å². The zero-order valence-electron chi connectivity index (χ0n) is 21.0. The number of nitrogens with zero attached hydrogens (tertiary/aromatic N) is 4. The van der Waals surface area contributed by atoms with Crippen molar-refractivity contribution in [1.29, 1.82) is 0 Å². The lowest BCUT2D eigenvalue weighted by Crippen LogP contribution is -2.39. The first-order valence-electron chi connectivity index (χ1n) is 12.8. The number of benzene rings is 3. The fraction of sp³-hybridized carbons (Fsp3) is 0.200. The Balaban J connectivity index is 1.14. The van der Waals surface area contributed by atoms with Crippen molar-refractivity contribution >= 4 is 62.4 Å². The topological polar surface area (TPSA) is 45.5 Å². The van der Waals surface area contributed by atoms with E-state index in [0.29, 0.717) is 11.1 Å². The van der Waals surface area contributed by atoms with Gasteiger partial charge in [-0.05, 0) is 70.7 Å². The van der Waals surface area contributed by atoms with E-state index in [9.17, 15) is 0 Å². The Bertz CT molecular complexity index is 1600. The molecule has 0 spiro atoms. The Morgan fingerprint density at radius 1 is 0.949 bits per heavy atom. The van der Waals surface area contributed by atoms with Gasteiger partial charge in [0, 0.05) is 57.1 Å². The van der Waals surface area contributed by atoms with Crippen LogP contribution >= 0.6 is 50.9 Å². The zero-order valence-corrected chi connectivity index (χ0v) is 24.9. The van der Waals surface area contributed by atoms with Crippen LogP contribution in [-0.4, -0.2) is 38.6 Å². The van der Waals surface area contributed by atoms with Crippen molar-refractivity contribution in [3.8, 4) is 11.3 Å². The van der Waals surface area contributed by atoms with Crippen LogP contribution in [0.15, 0.2) is 99.3 Å². The fourth-order valence-electron chi connectivity index (χ4n) is 4.89. The second-order valence-corrected chi connectivity index (χ2v) is 12.4.